The van der Waals surface area contributed by atoms with E-state index < -0.39 is 0 Å². The Morgan fingerprint density at radius 1 is 1.29 bits per heavy atom. The molecule has 2 fully saturated rings. The maximum atomic E-state index is 5.10. The molecule has 0 spiro atoms. The number of nitrogens with one attached hydrogen (secondary N) is 1. The smallest absolute Gasteiger partial charge is 0.113 e. The molecule has 2 aliphatic heterocycles. The Labute approximate surface area is 132 Å². The molecule has 2 saturated heterocycles. The van der Waals surface area contributed by atoms with Gasteiger partial charge in [0.25, 0.3) is 0 Å². The van der Waals surface area contributed by atoms with Crippen molar-refractivity contribution < 1.29 is 0 Å². The SMILES string of the molecule is CCCNC1(c2nc3c(s2)CCC3)CC2CCC(C1)N2C. The minimum absolute atomic E-state index is 0.170. The van der Waals surface area contributed by atoms with Crippen molar-refractivity contribution in [2.24, 2.45) is 0 Å². The number of rotatable bonds is 4. The largest absolute Gasteiger partial charge is 0.305 e. The highest BCUT2D eigenvalue weighted by molar-refractivity contribution is 7.12. The van der Waals surface area contributed by atoms with Gasteiger partial charge in [-0.25, -0.2) is 4.98 Å². The van der Waals surface area contributed by atoms with Crippen LogP contribution in [-0.2, 0) is 18.4 Å². The first-order valence-corrected chi connectivity index (χ1v) is 9.49. The standard InChI is InChI=1S/C17H27N3S/c1-3-9-18-17(10-12-7-8-13(11-17)20(12)2)16-19-14-5-4-6-15(14)21-16/h12-13,18H,3-11H2,1-2H3. The molecule has 0 radical (unpaired) electrons. The predicted octanol–water partition coefficient (Wildman–Crippen LogP) is 3.08. The first kappa shape index (κ1) is 14.2. The highest BCUT2D eigenvalue weighted by Crippen LogP contribution is 2.47. The first-order chi connectivity index (χ1) is 10.2. The third kappa shape index (κ3) is 2.27. The third-order valence-corrected chi connectivity index (χ3v) is 7.23. The Morgan fingerprint density at radius 2 is 2.05 bits per heavy atom. The van der Waals surface area contributed by atoms with Gasteiger partial charge in [-0.15, -0.1) is 11.3 Å². The van der Waals surface area contributed by atoms with E-state index in [2.05, 4.69) is 24.2 Å². The fourth-order valence-corrected chi connectivity index (χ4v) is 5.96. The Hall–Kier alpha value is -0.450. The minimum Gasteiger partial charge on any atom is -0.305 e. The molecule has 3 nitrogen and oxygen atoms in total. The molecule has 1 aliphatic carbocycles. The number of hydrogen-bond acceptors (Lipinski definition) is 4. The van der Waals surface area contributed by atoms with Crippen molar-refractivity contribution in [3.63, 3.8) is 0 Å². The molecule has 3 aliphatic rings. The number of aromatic nitrogens is 1. The first-order valence-electron chi connectivity index (χ1n) is 8.68. The van der Waals surface area contributed by atoms with E-state index in [1.54, 1.807) is 4.88 Å². The van der Waals surface area contributed by atoms with Crippen molar-refractivity contribution >= 4 is 11.3 Å². The van der Waals surface area contributed by atoms with Gasteiger partial charge in [0.15, 0.2) is 0 Å². The summed E-state index contributed by atoms with van der Waals surface area (Å²) in [4.78, 5) is 9.31. The van der Waals surface area contributed by atoms with Crippen molar-refractivity contribution in [2.75, 3.05) is 13.6 Å². The van der Waals surface area contributed by atoms with Gasteiger partial charge in [-0.2, -0.15) is 0 Å². The van der Waals surface area contributed by atoms with Gasteiger partial charge in [-0.1, -0.05) is 6.92 Å². The molecule has 4 heteroatoms. The summed E-state index contributed by atoms with van der Waals surface area (Å²) in [5.74, 6) is 0. The Kier molecular flexibility index (Phi) is 3.59. The van der Waals surface area contributed by atoms with Gasteiger partial charge in [0.2, 0.25) is 0 Å². The van der Waals surface area contributed by atoms with Crippen molar-refractivity contribution in [1.29, 1.82) is 0 Å². The molecule has 3 heterocycles. The number of piperidine rings is 1. The average Bonchev–Trinajstić information content (AvgIpc) is 3.11. The molecule has 0 aromatic carbocycles. The van der Waals surface area contributed by atoms with Crippen molar-refractivity contribution in [3.8, 4) is 0 Å². The monoisotopic (exact) mass is 305 g/mol. The zero-order chi connectivity index (χ0) is 14.4. The maximum Gasteiger partial charge on any atom is 0.113 e. The predicted molar refractivity (Wildman–Crippen MR) is 87.9 cm³/mol. The van der Waals surface area contributed by atoms with Gasteiger partial charge >= 0.3 is 0 Å². The summed E-state index contributed by atoms with van der Waals surface area (Å²) in [7, 11) is 2.33. The second kappa shape index (κ2) is 5.32. The molecule has 0 saturated carbocycles. The van der Waals surface area contributed by atoms with Crippen LogP contribution in [0.1, 0.15) is 61.0 Å². The number of thiazole rings is 1. The van der Waals surface area contributed by atoms with Crippen LogP contribution in [0.3, 0.4) is 0 Å². The van der Waals surface area contributed by atoms with E-state index in [1.165, 1.54) is 62.1 Å². The molecule has 116 valence electrons. The van der Waals surface area contributed by atoms with Crippen LogP contribution in [0.4, 0.5) is 0 Å². The number of aryl methyl sites for hydroxylation is 2. The van der Waals surface area contributed by atoms with Crippen LogP contribution >= 0.6 is 11.3 Å². The van der Waals surface area contributed by atoms with E-state index in [4.69, 9.17) is 4.98 Å². The van der Waals surface area contributed by atoms with Gasteiger partial charge in [0.05, 0.1) is 11.2 Å². The topological polar surface area (TPSA) is 28.2 Å². The van der Waals surface area contributed by atoms with Crippen LogP contribution in [0.15, 0.2) is 0 Å². The fourth-order valence-electron chi connectivity index (χ4n) is 4.62. The lowest BCUT2D eigenvalue weighted by atomic mass is 9.83. The quantitative estimate of drug-likeness (QED) is 0.926. The zero-order valence-electron chi connectivity index (χ0n) is 13.3. The minimum atomic E-state index is 0.170. The molecule has 1 aromatic heterocycles. The van der Waals surface area contributed by atoms with Gasteiger partial charge < -0.3 is 10.2 Å². The van der Waals surface area contributed by atoms with Crippen LogP contribution in [0, 0.1) is 0 Å². The lowest BCUT2D eigenvalue weighted by Gasteiger charge is -2.45. The highest BCUT2D eigenvalue weighted by atomic mass is 32.1. The van der Waals surface area contributed by atoms with Crippen LogP contribution in [0.5, 0.6) is 0 Å². The number of nitrogens with zero attached hydrogens (tertiary/aromatic N) is 2. The Balaban J connectivity index is 1.67. The Bertz CT molecular complexity index is 489. The fraction of sp³-hybridized carbons (Fsp3) is 0.824. The average molecular weight is 305 g/mol. The second-order valence-electron chi connectivity index (χ2n) is 7.21. The second-order valence-corrected chi connectivity index (χ2v) is 8.29. The summed E-state index contributed by atoms with van der Waals surface area (Å²) < 4.78 is 0. The molecule has 1 aromatic rings. The number of fused-ring (bicyclic) bond motifs is 3. The summed E-state index contributed by atoms with van der Waals surface area (Å²) in [5.41, 5.74) is 1.59. The van der Waals surface area contributed by atoms with Crippen LogP contribution in [-0.4, -0.2) is 35.6 Å². The van der Waals surface area contributed by atoms with Gasteiger partial charge in [-0.05, 0) is 65.0 Å². The molecular formula is C17H27N3S. The molecule has 0 amide bonds. The van der Waals surface area contributed by atoms with E-state index in [0.29, 0.717) is 0 Å². The molecule has 4 rings (SSSR count). The van der Waals surface area contributed by atoms with E-state index in [0.717, 1.165) is 18.6 Å². The third-order valence-electron chi connectivity index (χ3n) is 5.87. The lowest BCUT2D eigenvalue weighted by Crippen LogP contribution is -2.54. The molecule has 1 N–H and O–H groups in total. The molecule has 2 unspecified atom stereocenters. The van der Waals surface area contributed by atoms with Crippen LogP contribution in [0.2, 0.25) is 0 Å². The summed E-state index contributed by atoms with van der Waals surface area (Å²) in [6.45, 7) is 3.39. The van der Waals surface area contributed by atoms with E-state index >= 15 is 0 Å². The highest BCUT2D eigenvalue weighted by Gasteiger charge is 2.49. The van der Waals surface area contributed by atoms with Crippen molar-refractivity contribution in [3.05, 3.63) is 15.6 Å². The van der Waals surface area contributed by atoms with Crippen molar-refractivity contribution in [2.45, 2.75) is 75.9 Å². The zero-order valence-corrected chi connectivity index (χ0v) is 14.1. The molecule has 21 heavy (non-hydrogen) atoms. The lowest BCUT2D eigenvalue weighted by molar-refractivity contribution is 0.0887. The molecule has 2 atom stereocenters. The summed E-state index contributed by atoms with van der Waals surface area (Å²) in [6.07, 6.45) is 10.3. The van der Waals surface area contributed by atoms with Crippen molar-refractivity contribution in [1.82, 2.24) is 15.2 Å². The van der Waals surface area contributed by atoms with E-state index in [-0.39, 0.29) is 5.54 Å². The molecular weight excluding hydrogens is 278 g/mol. The Morgan fingerprint density at radius 3 is 2.71 bits per heavy atom. The summed E-state index contributed by atoms with van der Waals surface area (Å²) in [5, 5.41) is 5.34. The number of hydrogen-bond donors (Lipinski definition) is 1. The van der Waals surface area contributed by atoms with Gasteiger partial charge in [0, 0.05) is 17.0 Å². The maximum absolute atomic E-state index is 5.10. The van der Waals surface area contributed by atoms with E-state index in [1.807, 2.05) is 11.3 Å². The summed E-state index contributed by atoms with van der Waals surface area (Å²) >= 11 is 2.02. The van der Waals surface area contributed by atoms with E-state index in [9.17, 15) is 0 Å². The summed E-state index contributed by atoms with van der Waals surface area (Å²) in [6, 6.07) is 1.51. The normalized spacial score (nSPS) is 35.3. The van der Waals surface area contributed by atoms with Gasteiger partial charge in [-0.3, -0.25) is 0 Å². The van der Waals surface area contributed by atoms with Crippen LogP contribution < -0.4 is 5.32 Å². The molecule has 2 bridgehead atoms. The van der Waals surface area contributed by atoms with Crippen LogP contribution in [0.25, 0.3) is 0 Å². The van der Waals surface area contributed by atoms with Gasteiger partial charge in [0.1, 0.15) is 5.01 Å².